The number of ether oxygens (including phenoxy) is 1. The molecule has 26 heavy (non-hydrogen) atoms. The van der Waals surface area contributed by atoms with E-state index in [2.05, 4.69) is 4.98 Å². The average Bonchev–Trinajstić information content (AvgIpc) is 3.09. The van der Waals surface area contributed by atoms with E-state index in [1.165, 1.54) is 23.2 Å². The van der Waals surface area contributed by atoms with Gasteiger partial charge >= 0.3 is 5.97 Å². The fourth-order valence-corrected chi connectivity index (χ4v) is 3.28. The zero-order valence-corrected chi connectivity index (χ0v) is 15.5. The van der Waals surface area contributed by atoms with Gasteiger partial charge in [-0.15, -0.1) is 11.3 Å². The molecular formula is C19H15ClN2O3S. The van der Waals surface area contributed by atoms with Crippen LogP contribution in [-0.2, 0) is 16.1 Å². The Morgan fingerprint density at radius 1 is 1.12 bits per heavy atom. The van der Waals surface area contributed by atoms with Crippen molar-refractivity contribution < 1.29 is 14.3 Å². The summed E-state index contributed by atoms with van der Waals surface area (Å²) in [4.78, 5) is 30.0. The normalized spacial score (nSPS) is 10.4. The number of rotatable bonds is 5. The van der Waals surface area contributed by atoms with E-state index >= 15 is 0 Å². The Labute approximate surface area is 159 Å². The summed E-state index contributed by atoms with van der Waals surface area (Å²) < 4.78 is 5.27. The van der Waals surface area contributed by atoms with Gasteiger partial charge in [-0.25, -0.2) is 9.78 Å². The van der Waals surface area contributed by atoms with Gasteiger partial charge in [-0.3, -0.25) is 9.69 Å². The number of anilines is 2. The van der Waals surface area contributed by atoms with Crippen LogP contribution in [0.4, 0.5) is 10.8 Å². The van der Waals surface area contributed by atoms with Crippen molar-refractivity contribution in [3.63, 3.8) is 0 Å². The van der Waals surface area contributed by atoms with E-state index in [0.29, 0.717) is 21.4 Å². The molecule has 0 atom stereocenters. The molecule has 0 aliphatic carbocycles. The molecule has 0 spiro atoms. The van der Waals surface area contributed by atoms with Crippen LogP contribution in [-0.4, -0.2) is 16.9 Å². The molecule has 0 aliphatic rings. The van der Waals surface area contributed by atoms with E-state index in [1.54, 1.807) is 29.6 Å². The Morgan fingerprint density at radius 3 is 2.46 bits per heavy atom. The zero-order chi connectivity index (χ0) is 18.5. The van der Waals surface area contributed by atoms with Gasteiger partial charge in [-0.2, -0.15) is 0 Å². The molecule has 5 nitrogen and oxygen atoms in total. The number of benzene rings is 2. The van der Waals surface area contributed by atoms with Gasteiger partial charge < -0.3 is 4.74 Å². The van der Waals surface area contributed by atoms with Crippen molar-refractivity contribution >= 4 is 45.6 Å². The number of para-hydroxylation sites is 1. The van der Waals surface area contributed by atoms with E-state index in [-0.39, 0.29) is 12.5 Å². The van der Waals surface area contributed by atoms with Crippen LogP contribution >= 0.6 is 22.9 Å². The molecule has 0 aliphatic heterocycles. The summed E-state index contributed by atoms with van der Waals surface area (Å²) in [6, 6.07) is 15.7. The summed E-state index contributed by atoms with van der Waals surface area (Å²) in [7, 11) is 0. The molecule has 3 aromatic rings. The molecule has 0 unspecified atom stereocenters. The number of hydrogen-bond acceptors (Lipinski definition) is 5. The van der Waals surface area contributed by atoms with Gasteiger partial charge in [0.05, 0.1) is 16.9 Å². The number of esters is 1. The second-order valence-corrected chi connectivity index (χ2v) is 6.67. The van der Waals surface area contributed by atoms with E-state index in [9.17, 15) is 9.59 Å². The minimum absolute atomic E-state index is 0.0263. The third-order valence-corrected chi connectivity index (χ3v) is 4.62. The van der Waals surface area contributed by atoms with Crippen molar-refractivity contribution in [1.29, 1.82) is 0 Å². The number of carbonyl (C=O) groups excluding carboxylic acids is 2. The van der Waals surface area contributed by atoms with Gasteiger partial charge in [-0.1, -0.05) is 29.8 Å². The Bertz CT molecular complexity index is 910. The summed E-state index contributed by atoms with van der Waals surface area (Å²) in [6.45, 7) is 1.51. The van der Waals surface area contributed by atoms with Crippen molar-refractivity contribution in [3.8, 4) is 0 Å². The third kappa shape index (κ3) is 4.28. The first-order valence-corrected chi connectivity index (χ1v) is 9.03. The Hall–Kier alpha value is -2.70. The van der Waals surface area contributed by atoms with Gasteiger partial charge in [-0.05, 0) is 36.4 Å². The van der Waals surface area contributed by atoms with Crippen LogP contribution in [0.1, 0.15) is 23.0 Å². The van der Waals surface area contributed by atoms with E-state index in [1.807, 2.05) is 30.3 Å². The van der Waals surface area contributed by atoms with Crippen molar-refractivity contribution in [1.82, 2.24) is 4.98 Å². The lowest BCUT2D eigenvalue weighted by Gasteiger charge is -2.17. The highest BCUT2D eigenvalue weighted by Crippen LogP contribution is 2.29. The highest BCUT2D eigenvalue weighted by molar-refractivity contribution is 7.14. The molecule has 0 saturated carbocycles. The predicted octanol–water partition coefficient (Wildman–Crippen LogP) is 4.84. The molecule has 0 radical (unpaired) electrons. The first-order valence-electron chi connectivity index (χ1n) is 7.77. The smallest absolute Gasteiger partial charge is 0.338 e. The van der Waals surface area contributed by atoms with Crippen LogP contribution < -0.4 is 4.90 Å². The Morgan fingerprint density at radius 2 is 1.81 bits per heavy atom. The Kier molecular flexibility index (Phi) is 5.65. The van der Waals surface area contributed by atoms with Crippen molar-refractivity contribution in [2.24, 2.45) is 0 Å². The monoisotopic (exact) mass is 386 g/mol. The lowest BCUT2D eigenvalue weighted by atomic mass is 10.2. The van der Waals surface area contributed by atoms with Crippen molar-refractivity contribution in [2.45, 2.75) is 13.5 Å². The lowest BCUT2D eigenvalue weighted by molar-refractivity contribution is -0.115. The largest absolute Gasteiger partial charge is 0.456 e. The van der Waals surface area contributed by atoms with Crippen molar-refractivity contribution in [3.05, 3.63) is 76.3 Å². The zero-order valence-electron chi connectivity index (χ0n) is 13.9. The summed E-state index contributed by atoms with van der Waals surface area (Å²) in [5.41, 5.74) is 1.73. The third-order valence-electron chi connectivity index (χ3n) is 3.49. The molecule has 132 valence electrons. The highest BCUT2D eigenvalue weighted by atomic mass is 35.5. The van der Waals surface area contributed by atoms with Gasteiger partial charge in [0.2, 0.25) is 5.91 Å². The van der Waals surface area contributed by atoms with Gasteiger partial charge in [0, 0.05) is 17.3 Å². The quantitative estimate of drug-likeness (QED) is 0.589. The first kappa shape index (κ1) is 18.1. The fourth-order valence-electron chi connectivity index (χ4n) is 2.28. The minimum atomic E-state index is -0.456. The number of nitrogens with zero attached hydrogens (tertiary/aromatic N) is 2. The predicted molar refractivity (Wildman–Crippen MR) is 102 cm³/mol. The second-order valence-electron chi connectivity index (χ2n) is 5.39. The van der Waals surface area contributed by atoms with Gasteiger partial charge in [0.1, 0.15) is 6.61 Å². The van der Waals surface area contributed by atoms with Crippen LogP contribution in [0.2, 0.25) is 5.02 Å². The molecule has 0 bridgehead atoms. The average molecular weight is 387 g/mol. The van der Waals surface area contributed by atoms with Crippen LogP contribution in [0, 0.1) is 0 Å². The molecular weight excluding hydrogens is 372 g/mol. The fraction of sp³-hybridized carbons (Fsp3) is 0.105. The van der Waals surface area contributed by atoms with Crippen LogP contribution in [0.25, 0.3) is 0 Å². The molecule has 0 saturated heterocycles. The first-order chi connectivity index (χ1) is 12.5. The number of aromatic nitrogens is 1. The molecule has 1 aromatic heterocycles. The maximum absolute atomic E-state index is 12.0. The van der Waals surface area contributed by atoms with Crippen LogP contribution in [0.15, 0.2) is 60.0 Å². The Balaban J connectivity index is 1.70. The molecule has 7 heteroatoms. The highest BCUT2D eigenvalue weighted by Gasteiger charge is 2.18. The van der Waals surface area contributed by atoms with E-state index in [0.717, 1.165) is 5.69 Å². The summed E-state index contributed by atoms with van der Waals surface area (Å²) >= 11 is 7.12. The number of halogens is 1. The molecule has 2 aromatic carbocycles. The second kappa shape index (κ2) is 8.12. The lowest BCUT2D eigenvalue weighted by Crippen LogP contribution is -2.22. The number of amides is 1. The van der Waals surface area contributed by atoms with Gasteiger partial charge in [0.15, 0.2) is 5.13 Å². The SMILES string of the molecule is CC(=O)N(c1ccccc1)c1nc(COC(=O)c2ccc(Cl)cc2)cs1. The van der Waals surface area contributed by atoms with E-state index < -0.39 is 5.97 Å². The molecule has 3 rings (SSSR count). The molecule has 0 N–H and O–H groups in total. The summed E-state index contributed by atoms with van der Waals surface area (Å²) in [6.07, 6.45) is 0. The molecule has 1 heterocycles. The standard InChI is InChI=1S/C19H15ClN2O3S/c1-13(23)22(17-5-3-2-4-6-17)19-21-16(12-26-19)11-25-18(24)14-7-9-15(20)10-8-14/h2-10,12H,11H2,1H3. The minimum Gasteiger partial charge on any atom is -0.456 e. The maximum atomic E-state index is 12.0. The summed E-state index contributed by atoms with van der Waals surface area (Å²) in [5, 5.41) is 2.85. The topological polar surface area (TPSA) is 59.5 Å². The number of carbonyl (C=O) groups is 2. The number of hydrogen-bond donors (Lipinski definition) is 0. The summed E-state index contributed by atoms with van der Waals surface area (Å²) in [5.74, 6) is -0.599. The van der Waals surface area contributed by atoms with Crippen LogP contribution in [0.3, 0.4) is 0 Å². The molecule has 0 fully saturated rings. The van der Waals surface area contributed by atoms with Crippen LogP contribution in [0.5, 0.6) is 0 Å². The maximum Gasteiger partial charge on any atom is 0.338 e. The van der Waals surface area contributed by atoms with E-state index in [4.69, 9.17) is 16.3 Å². The van der Waals surface area contributed by atoms with Crippen molar-refractivity contribution in [2.75, 3.05) is 4.90 Å². The number of thiazole rings is 1. The molecule has 1 amide bonds. The van der Waals surface area contributed by atoms with Gasteiger partial charge in [0.25, 0.3) is 0 Å².